The summed E-state index contributed by atoms with van der Waals surface area (Å²) in [5.74, 6) is -2.29. The molecular weight excluding hydrogens is 550 g/mol. The third kappa shape index (κ3) is 11.4. The first-order valence-electron chi connectivity index (χ1n) is 14.0. The van der Waals surface area contributed by atoms with Gasteiger partial charge in [-0.15, -0.1) is 12.4 Å². The average Bonchev–Trinajstić information content (AvgIpc) is 2.85. The molecule has 0 unspecified atom stereocenters. The highest BCUT2D eigenvalue weighted by atomic mass is 35.5. The molecule has 3 amide bonds. The van der Waals surface area contributed by atoms with Crippen molar-refractivity contribution < 1.29 is 23.2 Å². The minimum Gasteiger partial charge on any atom is -0.368 e. The Kier molecular flexibility index (Phi) is 15.0. The van der Waals surface area contributed by atoms with E-state index in [4.69, 9.17) is 5.73 Å². The Morgan fingerprint density at radius 2 is 1.44 bits per heavy atom. The summed E-state index contributed by atoms with van der Waals surface area (Å²) in [7, 11) is 0. The van der Waals surface area contributed by atoms with E-state index in [9.17, 15) is 23.2 Å². The number of hydrogen-bond acceptors (Lipinski definition) is 4. The number of nitrogens with zero attached hydrogens (tertiary/aromatic N) is 2. The first-order chi connectivity index (χ1) is 18.8. The number of benzene rings is 2. The van der Waals surface area contributed by atoms with Gasteiger partial charge in [0.15, 0.2) is 0 Å². The smallest absolute Gasteiger partial charge is 0.253 e. The molecule has 2 atom stereocenters. The average molecular weight is 595 g/mol. The predicted octanol–water partition coefficient (Wildman–Crippen LogP) is 5.13. The molecular formula is C31H45ClF2N4O3. The van der Waals surface area contributed by atoms with Crippen LogP contribution in [0.2, 0.25) is 0 Å². The van der Waals surface area contributed by atoms with Crippen molar-refractivity contribution in [2.24, 2.45) is 11.7 Å². The van der Waals surface area contributed by atoms with Crippen LogP contribution in [0.5, 0.6) is 0 Å². The van der Waals surface area contributed by atoms with E-state index in [1.54, 1.807) is 30.0 Å². The summed E-state index contributed by atoms with van der Waals surface area (Å²) in [5.41, 5.74) is 7.47. The summed E-state index contributed by atoms with van der Waals surface area (Å²) in [6.45, 7) is 13.5. The summed E-state index contributed by atoms with van der Waals surface area (Å²) >= 11 is 0. The lowest BCUT2D eigenvalue weighted by molar-refractivity contribution is -0.122. The lowest BCUT2D eigenvalue weighted by atomic mass is 10.0. The fraction of sp³-hybridized carbons (Fsp3) is 0.516. The van der Waals surface area contributed by atoms with E-state index < -0.39 is 35.5 Å². The number of carbonyl (C=O) groups is 3. The first-order valence-corrected chi connectivity index (χ1v) is 14.0. The molecule has 0 aliphatic carbocycles. The van der Waals surface area contributed by atoms with Crippen LogP contribution in [-0.2, 0) is 11.2 Å². The maximum atomic E-state index is 14.0. The van der Waals surface area contributed by atoms with E-state index in [-0.39, 0.29) is 37.2 Å². The van der Waals surface area contributed by atoms with Gasteiger partial charge in [0.1, 0.15) is 11.6 Å². The number of rotatable bonds is 15. The lowest BCUT2D eigenvalue weighted by Gasteiger charge is -2.32. The number of primary amides is 1. The minimum atomic E-state index is -0.713. The maximum Gasteiger partial charge on any atom is 0.253 e. The monoisotopic (exact) mass is 594 g/mol. The molecule has 0 aliphatic heterocycles. The van der Waals surface area contributed by atoms with Gasteiger partial charge < -0.3 is 16.0 Å². The number of aryl methyl sites for hydroxylation is 1. The van der Waals surface area contributed by atoms with Crippen LogP contribution in [0.25, 0.3) is 0 Å². The molecule has 7 nitrogen and oxygen atoms in total. The Balaban J connectivity index is 0.00000840. The van der Waals surface area contributed by atoms with Crippen LogP contribution in [0.3, 0.4) is 0 Å². The number of carbonyl (C=O) groups excluding carboxylic acids is 3. The molecule has 0 saturated carbocycles. The molecule has 0 radical (unpaired) electrons. The molecule has 41 heavy (non-hydrogen) atoms. The molecule has 0 bridgehead atoms. The normalized spacial score (nSPS) is 12.5. The van der Waals surface area contributed by atoms with E-state index >= 15 is 0 Å². The van der Waals surface area contributed by atoms with Gasteiger partial charge in [0.25, 0.3) is 11.8 Å². The van der Waals surface area contributed by atoms with E-state index in [0.717, 1.165) is 24.5 Å². The second kappa shape index (κ2) is 17.0. The zero-order valence-corrected chi connectivity index (χ0v) is 25.8. The molecule has 2 aromatic rings. The zero-order chi connectivity index (χ0) is 30.0. The van der Waals surface area contributed by atoms with Crippen LogP contribution < -0.4 is 11.1 Å². The summed E-state index contributed by atoms with van der Waals surface area (Å²) < 4.78 is 28.0. The molecule has 0 saturated heterocycles. The van der Waals surface area contributed by atoms with Crippen LogP contribution in [0.4, 0.5) is 8.78 Å². The van der Waals surface area contributed by atoms with Gasteiger partial charge in [0.05, 0.1) is 6.04 Å². The van der Waals surface area contributed by atoms with Crippen LogP contribution in [0, 0.1) is 24.5 Å². The van der Waals surface area contributed by atoms with Crippen molar-refractivity contribution in [2.75, 3.05) is 26.2 Å². The van der Waals surface area contributed by atoms with Crippen molar-refractivity contribution in [3.05, 3.63) is 70.3 Å². The minimum absolute atomic E-state index is 0. The highest BCUT2D eigenvalue weighted by molar-refractivity contribution is 6.00. The largest absolute Gasteiger partial charge is 0.368 e. The Bertz CT molecular complexity index is 1150. The Labute approximate surface area is 249 Å². The molecule has 3 N–H and O–H groups in total. The second-order valence-corrected chi connectivity index (χ2v) is 11.0. The predicted molar refractivity (Wildman–Crippen MR) is 161 cm³/mol. The summed E-state index contributed by atoms with van der Waals surface area (Å²) in [4.78, 5) is 42.5. The van der Waals surface area contributed by atoms with E-state index in [1.165, 1.54) is 12.1 Å². The number of nitrogens with one attached hydrogen (secondary N) is 1. The van der Waals surface area contributed by atoms with Crippen LogP contribution in [0.15, 0.2) is 36.4 Å². The van der Waals surface area contributed by atoms with Crippen LogP contribution >= 0.6 is 12.4 Å². The molecule has 10 heteroatoms. The van der Waals surface area contributed by atoms with Gasteiger partial charge in [-0.3, -0.25) is 19.3 Å². The molecule has 0 heterocycles. The van der Waals surface area contributed by atoms with Crippen molar-refractivity contribution in [1.29, 1.82) is 0 Å². The SMILES string of the molecule is CCCN(CCC)C(=O)c1cc(C)cc(C(=O)N[C@@H](Cc2cc(F)cc(F)c2)CN(CC(C)C)[C@@H](C)C(N)=O)c1.Cl. The molecule has 0 aromatic heterocycles. The third-order valence-electron chi connectivity index (χ3n) is 6.61. The topological polar surface area (TPSA) is 95.7 Å². The highest BCUT2D eigenvalue weighted by Gasteiger charge is 2.26. The summed E-state index contributed by atoms with van der Waals surface area (Å²) in [5, 5.41) is 2.99. The third-order valence-corrected chi connectivity index (χ3v) is 6.61. The Morgan fingerprint density at radius 1 is 0.878 bits per heavy atom. The van der Waals surface area contributed by atoms with E-state index in [0.29, 0.717) is 36.3 Å². The van der Waals surface area contributed by atoms with Crippen molar-refractivity contribution in [2.45, 2.75) is 72.9 Å². The molecule has 2 rings (SSSR count). The molecule has 0 spiro atoms. The van der Waals surface area contributed by atoms with Crippen molar-refractivity contribution in [1.82, 2.24) is 15.1 Å². The summed E-state index contributed by atoms with van der Waals surface area (Å²) in [6.07, 6.45) is 1.77. The van der Waals surface area contributed by atoms with E-state index in [1.807, 2.05) is 39.5 Å². The summed E-state index contributed by atoms with van der Waals surface area (Å²) in [6, 6.07) is 7.08. The lowest BCUT2D eigenvalue weighted by Crippen LogP contribution is -2.52. The number of nitrogens with two attached hydrogens (primary N) is 1. The van der Waals surface area contributed by atoms with Crippen molar-refractivity contribution >= 4 is 30.1 Å². The standard InChI is InChI=1S/C31H44F2N4O3.ClH/c1-7-9-36(10-8-2)31(40)25-12-21(5)11-24(16-25)30(39)35-28(15-23-13-26(32)17-27(33)14-23)19-37(18-20(3)4)22(6)29(34)38;/h11-14,16-17,20,22,28H,7-10,15,18-19H2,1-6H3,(H2,34,38)(H,35,39);1H/t22-,28-;/m0./s1. The second-order valence-electron chi connectivity index (χ2n) is 11.0. The number of amides is 3. The van der Waals surface area contributed by atoms with Gasteiger partial charge in [0, 0.05) is 49.4 Å². The van der Waals surface area contributed by atoms with Gasteiger partial charge >= 0.3 is 0 Å². The van der Waals surface area contributed by atoms with Crippen LogP contribution in [-0.4, -0.2) is 65.8 Å². The number of hydrogen-bond donors (Lipinski definition) is 2. The van der Waals surface area contributed by atoms with Gasteiger partial charge in [-0.2, -0.15) is 0 Å². The van der Waals surface area contributed by atoms with Gasteiger partial charge in [0.2, 0.25) is 5.91 Å². The molecule has 2 aromatic carbocycles. The Hall–Kier alpha value is -3.04. The van der Waals surface area contributed by atoms with Gasteiger partial charge in [-0.05, 0) is 80.5 Å². The highest BCUT2D eigenvalue weighted by Crippen LogP contribution is 2.16. The molecule has 0 aliphatic rings. The Morgan fingerprint density at radius 3 is 1.95 bits per heavy atom. The maximum absolute atomic E-state index is 14.0. The molecule has 0 fully saturated rings. The van der Waals surface area contributed by atoms with Crippen LogP contribution in [0.1, 0.15) is 79.3 Å². The van der Waals surface area contributed by atoms with Crippen molar-refractivity contribution in [3.8, 4) is 0 Å². The van der Waals surface area contributed by atoms with Crippen molar-refractivity contribution in [3.63, 3.8) is 0 Å². The zero-order valence-electron chi connectivity index (χ0n) is 25.0. The van der Waals surface area contributed by atoms with E-state index in [2.05, 4.69) is 5.32 Å². The fourth-order valence-electron chi connectivity index (χ4n) is 4.84. The quantitative estimate of drug-likeness (QED) is 0.299. The van der Waals surface area contributed by atoms with Gasteiger partial charge in [-0.1, -0.05) is 27.7 Å². The first kappa shape index (κ1) is 36.0. The fourth-order valence-corrected chi connectivity index (χ4v) is 4.84. The number of halogens is 3. The molecule has 228 valence electrons. The van der Waals surface area contributed by atoms with Gasteiger partial charge in [-0.25, -0.2) is 8.78 Å².